The van der Waals surface area contributed by atoms with Crippen LogP contribution < -0.4 is 5.32 Å². The van der Waals surface area contributed by atoms with Crippen molar-refractivity contribution in [2.45, 2.75) is 0 Å². The van der Waals surface area contributed by atoms with Crippen molar-refractivity contribution < 1.29 is 9.53 Å². The van der Waals surface area contributed by atoms with Crippen LogP contribution in [0, 0.1) is 0 Å². The Labute approximate surface area is 59.5 Å². The Bertz CT molecular complexity index is 114. The Balaban J connectivity index is 3.32. The van der Waals surface area contributed by atoms with E-state index in [-0.39, 0.29) is 11.8 Å². The zero-order valence-electron chi connectivity index (χ0n) is 5.13. The van der Waals surface area contributed by atoms with E-state index in [9.17, 15) is 4.79 Å². The quantitative estimate of drug-likeness (QED) is 0.258. The molecule has 0 aromatic carbocycles. The minimum atomic E-state index is -0.184. The Morgan fingerprint density at radius 1 is 1.89 bits per heavy atom. The molecular weight excluding hydrogens is 138 g/mol. The van der Waals surface area contributed by atoms with Crippen molar-refractivity contribution >= 4 is 18.5 Å². The molecule has 3 nitrogen and oxygen atoms in total. The van der Waals surface area contributed by atoms with Crippen molar-refractivity contribution in [3.8, 4) is 0 Å². The molecule has 0 unspecified atom stereocenters. The van der Waals surface area contributed by atoms with Crippen LogP contribution in [-0.2, 0) is 9.53 Å². The predicted molar refractivity (Wildman–Crippen MR) is 38.1 cm³/mol. The maximum absolute atomic E-state index is 10.4. The van der Waals surface area contributed by atoms with Crippen LogP contribution in [0.4, 0.5) is 0 Å². The lowest BCUT2D eigenvalue weighted by atomic mass is 10.6. The van der Waals surface area contributed by atoms with Gasteiger partial charge in [-0.3, -0.25) is 4.79 Å². The van der Waals surface area contributed by atoms with Crippen LogP contribution in [0.15, 0.2) is 12.3 Å². The molecule has 0 aliphatic heterocycles. The lowest BCUT2D eigenvalue weighted by Crippen LogP contribution is -2.14. The summed E-state index contributed by atoms with van der Waals surface area (Å²) in [4.78, 5) is 10.4. The number of likely N-dealkylation sites (N-methyl/N-ethyl adjacent to an activating group) is 1. The molecule has 52 valence electrons. The number of ether oxygens (including phenoxy) is 1. The second-order valence-electron chi connectivity index (χ2n) is 1.21. The molecule has 0 aromatic rings. The fraction of sp³-hybridized carbons (Fsp3) is 0.400. The molecule has 0 bridgehead atoms. The minimum absolute atomic E-state index is 0.184. The first-order chi connectivity index (χ1) is 4.31. The normalized spacial score (nSPS) is 9.56. The summed E-state index contributed by atoms with van der Waals surface area (Å²) in [5, 5.41) is 2.39. The van der Waals surface area contributed by atoms with Gasteiger partial charge in [-0.15, -0.1) is 12.6 Å². The first-order valence-electron chi connectivity index (χ1n) is 2.42. The average molecular weight is 147 g/mol. The van der Waals surface area contributed by atoms with Gasteiger partial charge in [0.2, 0.25) is 5.91 Å². The maximum atomic E-state index is 10.4. The molecule has 0 aromatic heterocycles. The second kappa shape index (κ2) is 5.50. The summed E-state index contributed by atoms with van der Waals surface area (Å²) in [6.45, 7) is 0. The van der Waals surface area contributed by atoms with Crippen LogP contribution in [-0.4, -0.2) is 18.9 Å². The molecule has 0 rings (SSSR count). The standard InChI is InChI=1S/C5H9NO2S/c1-6-5(7)2-3-8-4-9/h2-3,9H,4H2,1H3,(H,6,7). The van der Waals surface area contributed by atoms with Crippen LogP contribution in [0.1, 0.15) is 0 Å². The molecule has 0 atom stereocenters. The molecule has 0 saturated carbocycles. The van der Waals surface area contributed by atoms with Crippen LogP contribution in [0.2, 0.25) is 0 Å². The fourth-order valence-corrected chi connectivity index (χ4v) is 0.322. The molecule has 0 saturated heterocycles. The van der Waals surface area contributed by atoms with Gasteiger partial charge in [-0.1, -0.05) is 0 Å². The van der Waals surface area contributed by atoms with Gasteiger partial charge in [0.15, 0.2) is 0 Å². The van der Waals surface area contributed by atoms with Gasteiger partial charge in [-0.2, -0.15) is 0 Å². The number of carbonyl (C=O) groups excluding carboxylic acids is 1. The molecule has 1 N–H and O–H groups in total. The molecule has 4 heteroatoms. The molecule has 0 aliphatic carbocycles. The van der Waals surface area contributed by atoms with E-state index >= 15 is 0 Å². The van der Waals surface area contributed by atoms with Crippen LogP contribution >= 0.6 is 12.6 Å². The van der Waals surface area contributed by atoms with E-state index < -0.39 is 0 Å². The van der Waals surface area contributed by atoms with Gasteiger partial charge in [0.05, 0.1) is 6.26 Å². The zero-order valence-corrected chi connectivity index (χ0v) is 6.02. The van der Waals surface area contributed by atoms with Gasteiger partial charge >= 0.3 is 0 Å². The van der Waals surface area contributed by atoms with Gasteiger partial charge in [0.1, 0.15) is 5.94 Å². The Morgan fingerprint density at radius 2 is 2.56 bits per heavy atom. The smallest absolute Gasteiger partial charge is 0.246 e. The van der Waals surface area contributed by atoms with Gasteiger partial charge < -0.3 is 10.1 Å². The molecule has 0 spiro atoms. The Hall–Kier alpha value is -0.640. The van der Waals surface area contributed by atoms with Crippen molar-refractivity contribution in [3.05, 3.63) is 12.3 Å². The third kappa shape index (κ3) is 5.23. The van der Waals surface area contributed by atoms with E-state index in [1.54, 1.807) is 7.05 Å². The van der Waals surface area contributed by atoms with E-state index in [1.807, 2.05) is 0 Å². The lowest BCUT2D eigenvalue weighted by Gasteiger charge is -1.90. The predicted octanol–water partition coefficient (Wildman–Crippen LogP) is 0.150. The van der Waals surface area contributed by atoms with E-state index in [0.717, 1.165) is 0 Å². The number of rotatable bonds is 3. The van der Waals surface area contributed by atoms with E-state index in [2.05, 4.69) is 22.7 Å². The van der Waals surface area contributed by atoms with Crippen molar-refractivity contribution in [2.75, 3.05) is 13.0 Å². The van der Waals surface area contributed by atoms with Crippen LogP contribution in [0.5, 0.6) is 0 Å². The van der Waals surface area contributed by atoms with E-state index in [1.165, 1.54) is 12.3 Å². The monoisotopic (exact) mass is 147 g/mol. The number of nitrogens with one attached hydrogen (secondary N) is 1. The SMILES string of the molecule is CNC(=O)C=COCS. The number of thiol groups is 1. The molecular formula is C5H9NO2S. The summed E-state index contributed by atoms with van der Waals surface area (Å²) in [6.07, 6.45) is 2.59. The molecule has 9 heavy (non-hydrogen) atoms. The van der Waals surface area contributed by atoms with Gasteiger partial charge in [0.25, 0.3) is 0 Å². The highest BCUT2D eigenvalue weighted by Crippen LogP contribution is 1.79. The van der Waals surface area contributed by atoms with E-state index in [0.29, 0.717) is 0 Å². The summed E-state index contributed by atoms with van der Waals surface area (Å²) in [5.74, 6) is 0.102. The Morgan fingerprint density at radius 3 is 3.00 bits per heavy atom. The van der Waals surface area contributed by atoms with Crippen molar-refractivity contribution in [1.82, 2.24) is 5.32 Å². The summed E-state index contributed by atoms with van der Waals surface area (Å²) in [5.41, 5.74) is 0. The zero-order chi connectivity index (χ0) is 7.11. The first kappa shape index (κ1) is 8.36. The summed E-state index contributed by atoms with van der Waals surface area (Å²) in [7, 11) is 1.55. The van der Waals surface area contributed by atoms with Gasteiger partial charge in [-0.05, 0) is 0 Å². The summed E-state index contributed by atoms with van der Waals surface area (Å²) >= 11 is 3.75. The third-order valence-corrected chi connectivity index (χ3v) is 0.786. The molecule has 0 fully saturated rings. The van der Waals surface area contributed by atoms with Crippen LogP contribution in [0.25, 0.3) is 0 Å². The number of hydrogen-bond acceptors (Lipinski definition) is 3. The molecule has 0 heterocycles. The highest BCUT2D eigenvalue weighted by atomic mass is 32.1. The number of carbonyl (C=O) groups is 1. The summed E-state index contributed by atoms with van der Waals surface area (Å²) in [6, 6.07) is 0. The van der Waals surface area contributed by atoms with Crippen molar-refractivity contribution in [3.63, 3.8) is 0 Å². The summed E-state index contributed by atoms with van der Waals surface area (Å²) < 4.78 is 4.63. The minimum Gasteiger partial charge on any atom is -0.491 e. The van der Waals surface area contributed by atoms with Crippen molar-refractivity contribution in [1.29, 1.82) is 0 Å². The number of hydrogen-bond donors (Lipinski definition) is 2. The molecule has 0 radical (unpaired) electrons. The van der Waals surface area contributed by atoms with Crippen LogP contribution in [0.3, 0.4) is 0 Å². The second-order valence-corrected chi connectivity index (χ2v) is 1.47. The average Bonchev–Trinajstić information content (AvgIpc) is 1.89. The lowest BCUT2D eigenvalue weighted by molar-refractivity contribution is -0.116. The van der Waals surface area contributed by atoms with Gasteiger partial charge in [0, 0.05) is 13.1 Å². The third-order valence-electron chi connectivity index (χ3n) is 0.637. The van der Waals surface area contributed by atoms with Crippen molar-refractivity contribution in [2.24, 2.45) is 0 Å². The maximum Gasteiger partial charge on any atom is 0.246 e. The topological polar surface area (TPSA) is 38.3 Å². The molecule has 1 amide bonds. The Kier molecular flexibility index (Phi) is 5.11. The first-order valence-corrected chi connectivity index (χ1v) is 3.05. The number of amides is 1. The van der Waals surface area contributed by atoms with E-state index in [4.69, 9.17) is 0 Å². The fourth-order valence-electron chi connectivity index (χ4n) is 0.236. The largest absolute Gasteiger partial charge is 0.491 e. The highest BCUT2D eigenvalue weighted by molar-refractivity contribution is 7.80. The van der Waals surface area contributed by atoms with Gasteiger partial charge in [-0.25, -0.2) is 0 Å². The highest BCUT2D eigenvalue weighted by Gasteiger charge is 1.84. The molecule has 0 aliphatic rings.